The number of amides is 1. The Balaban J connectivity index is 1.85. The van der Waals surface area contributed by atoms with Crippen molar-refractivity contribution in [3.63, 3.8) is 0 Å². The normalized spacial score (nSPS) is 17.3. The Hall–Kier alpha value is -2.44. The minimum absolute atomic E-state index is 0.00188. The van der Waals surface area contributed by atoms with Gasteiger partial charge in [-0.1, -0.05) is 48.0 Å². The zero-order valence-corrected chi connectivity index (χ0v) is 14.3. The number of carbonyl (C=O) groups excluding carboxylic acids is 1. The van der Waals surface area contributed by atoms with E-state index in [4.69, 9.17) is 11.6 Å². The number of piperazine rings is 1. The molecule has 0 saturated carbocycles. The van der Waals surface area contributed by atoms with Crippen LogP contribution in [0, 0.1) is 10.1 Å². The number of nitrogens with zero attached hydrogens (tertiary/aromatic N) is 2. The third-order valence-corrected chi connectivity index (χ3v) is 4.70. The number of nitro groups is 1. The maximum atomic E-state index is 12.9. The smallest absolute Gasteiger partial charge is 0.273 e. The molecule has 0 radical (unpaired) electrons. The highest BCUT2D eigenvalue weighted by atomic mass is 35.5. The van der Waals surface area contributed by atoms with Crippen LogP contribution in [0.25, 0.3) is 0 Å². The summed E-state index contributed by atoms with van der Waals surface area (Å²) in [5.74, 6) is -0.138. The van der Waals surface area contributed by atoms with Crippen LogP contribution in [0.5, 0.6) is 0 Å². The van der Waals surface area contributed by atoms with E-state index >= 15 is 0 Å². The zero-order valence-electron chi connectivity index (χ0n) is 13.5. The van der Waals surface area contributed by atoms with Crippen LogP contribution in [0.1, 0.15) is 17.2 Å². The zero-order chi connectivity index (χ0) is 17.8. The maximum absolute atomic E-state index is 12.9. The Labute approximate surface area is 150 Å². The molecule has 1 atom stereocenters. The van der Waals surface area contributed by atoms with Crippen LogP contribution in [0.2, 0.25) is 5.02 Å². The van der Waals surface area contributed by atoms with E-state index in [0.717, 1.165) is 5.56 Å². The first-order valence-electron chi connectivity index (χ1n) is 8.05. The fourth-order valence-electron chi connectivity index (χ4n) is 3.13. The van der Waals surface area contributed by atoms with Gasteiger partial charge in [0.25, 0.3) is 5.69 Å². The van der Waals surface area contributed by atoms with Gasteiger partial charge in [0.2, 0.25) is 5.91 Å². The molecule has 2 aromatic carbocycles. The van der Waals surface area contributed by atoms with Crippen molar-refractivity contribution in [3.8, 4) is 0 Å². The molecule has 1 heterocycles. The number of rotatable bonds is 4. The molecular formula is C18H18ClN3O3. The highest BCUT2D eigenvalue weighted by Gasteiger charge is 2.30. The Morgan fingerprint density at radius 2 is 1.96 bits per heavy atom. The second-order valence-corrected chi connectivity index (χ2v) is 6.30. The van der Waals surface area contributed by atoms with Crippen LogP contribution in [0.4, 0.5) is 5.69 Å². The van der Waals surface area contributed by atoms with Crippen LogP contribution in [-0.4, -0.2) is 35.4 Å². The molecule has 1 saturated heterocycles. The molecule has 2 aromatic rings. The molecule has 1 aliphatic heterocycles. The predicted molar refractivity (Wildman–Crippen MR) is 95.6 cm³/mol. The highest BCUT2D eigenvalue weighted by Crippen LogP contribution is 2.29. The first-order valence-corrected chi connectivity index (χ1v) is 8.42. The molecule has 1 aliphatic rings. The van der Waals surface area contributed by atoms with Gasteiger partial charge >= 0.3 is 0 Å². The molecule has 1 amide bonds. The fourth-order valence-corrected chi connectivity index (χ4v) is 3.39. The van der Waals surface area contributed by atoms with Gasteiger partial charge in [0.05, 0.1) is 17.4 Å². The van der Waals surface area contributed by atoms with Gasteiger partial charge in [-0.3, -0.25) is 14.9 Å². The number of benzene rings is 2. The number of hydrogen-bond donors (Lipinski definition) is 1. The predicted octanol–water partition coefficient (Wildman–Crippen LogP) is 2.96. The second-order valence-electron chi connectivity index (χ2n) is 5.89. The number of carbonyl (C=O) groups is 1. The van der Waals surface area contributed by atoms with E-state index in [2.05, 4.69) is 5.32 Å². The Morgan fingerprint density at radius 3 is 2.72 bits per heavy atom. The first kappa shape index (κ1) is 17.4. The monoisotopic (exact) mass is 359 g/mol. The molecule has 1 fully saturated rings. The highest BCUT2D eigenvalue weighted by molar-refractivity contribution is 6.31. The standard InChI is InChI=1S/C18H18ClN3O3/c19-15-7-3-2-6-14(15)17-12-20-9-10-21(17)18(23)11-13-5-1-4-8-16(13)22(24)25/h1-8,17,20H,9-12H2. The molecule has 1 N–H and O–H groups in total. The fraction of sp³-hybridized carbons (Fsp3) is 0.278. The molecule has 0 aliphatic carbocycles. The van der Waals surface area contributed by atoms with Crippen molar-refractivity contribution >= 4 is 23.2 Å². The van der Waals surface area contributed by atoms with Crippen molar-refractivity contribution < 1.29 is 9.72 Å². The number of nitro benzene ring substituents is 1. The minimum atomic E-state index is -0.452. The minimum Gasteiger partial charge on any atom is -0.333 e. The van der Waals surface area contributed by atoms with E-state index in [1.54, 1.807) is 29.2 Å². The summed E-state index contributed by atoms with van der Waals surface area (Å²) in [4.78, 5) is 25.3. The first-order chi connectivity index (χ1) is 12.1. The lowest BCUT2D eigenvalue weighted by molar-refractivity contribution is -0.385. The Morgan fingerprint density at radius 1 is 1.24 bits per heavy atom. The molecular weight excluding hydrogens is 342 g/mol. The van der Waals surface area contributed by atoms with Gasteiger partial charge in [0, 0.05) is 36.3 Å². The summed E-state index contributed by atoms with van der Waals surface area (Å²) in [6.45, 7) is 1.82. The molecule has 0 spiro atoms. The van der Waals surface area contributed by atoms with E-state index in [1.165, 1.54) is 6.07 Å². The van der Waals surface area contributed by atoms with Crippen LogP contribution in [0.3, 0.4) is 0 Å². The average molecular weight is 360 g/mol. The molecule has 25 heavy (non-hydrogen) atoms. The molecule has 0 aromatic heterocycles. The largest absolute Gasteiger partial charge is 0.333 e. The van der Waals surface area contributed by atoms with Crippen molar-refractivity contribution in [3.05, 3.63) is 74.8 Å². The van der Waals surface area contributed by atoms with Crippen LogP contribution < -0.4 is 5.32 Å². The van der Waals surface area contributed by atoms with E-state index in [9.17, 15) is 14.9 Å². The third kappa shape index (κ3) is 3.81. The SMILES string of the molecule is O=C(Cc1ccccc1[N+](=O)[O-])N1CCNCC1c1ccccc1Cl. The molecule has 1 unspecified atom stereocenters. The van der Waals surface area contributed by atoms with Crippen LogP contribution >= 0.6 is 11.6 Å². The van der Waals surface area contributed by atoms with Crippen LogP contribution in [-0.2, 0) is 11.2 Å². The lowest BCUT2D eigenvalue weighted by Gasteiger charge is -2.37. The topological polar surface area (TPSA) is 75.5 Å². The van der Waals surface area contributed by atoms with Crippen molar-refractivity contribution in [2.75, 3.05) is 19.6 Å². The summed E-state index contributed by atoms with van der Waals surface area (Å²) in [5, 5.41) is 15.1. The van der Waals surface area contributed by atoms with Gasteiger partial charge in [0.15, 0.2) is 0 Å². The van der Waals surface area contributed by atoms with E-state index in [-0.39, 0.29) is 24.1 Å². The van der Waals surface area contributed by atoms with Gasteiger partial charge in [-0.2, -0.15) is 0 Å². The van der Waals surface area contributed by atoms with E-state index in [1.807, 2.05) is 18.2 Å². The quantitative estimate of drug-likeness (QED) is 0.672. The summed E-state index contributed by atoms with van der Waals surface area (Å²) in [7, 11) is 0. The number of nitrogens with one attached hydrogen (secondary N) is 1. The lowest BCUT2D eigenvalue weighted by Crippen LogP contribution is -2.49. The molecule has 130 valence electrons. The molecule has 0 bridgehead atoms. The van der Waals surface area contributed by atoms with Crippen molar-refractivity contribution in [1.29, 1.82) is 0 Å². The Kier molecular flexibility index (Phi) is 5.31. The third-order valence-electron chi connectivity index (χ3n) is 4.36. The van der Waals surface area contributed by atoms with Crippen molar-refractivity contribution in [2.45, 2.75) is 12.5 Å². The van der Waals surface area contributed by atoms with Gasteiger partial charge < -0.3 is 10.2 Å². The number of halogens is 1. The van der Waals surface area contributed by atoms with Crippen LogP contribution in [0.15, 0.2) is 48.5 Å². The number of hydrogen-bond acceptors (Lipinski definition) is 4. The Bertz CT molecular complexity index is 797. The van der Waals surface area contributed by atoms with Gasteiger partial charge in [0.1, 0.15) is 0 Å². The average Bonchev–Trinajstić information content (AvgIpc) is 2.62. The van der Waals surface area contributed by atoms with Gasteiger partial charge in [-0.15, -0.1) is 0 Å². The molecule has 6 nitrogen and oxygen atoms in total. The van der Waals surface area contributed by atoms with E-state index < -0.39 is 4.92 Å². The van der Waals surface area contributed by atoms with Gasteiger partial charge in [-0.25, -0.2) is 0 Å². The number of para-hydroxylation sites is 1. The van der Waals surface area contributed by atoms with Crippen molar-refractivity contribution in [2.24, 2.45) is 0 Å². The van der Waals surface area contributed by atoms with Gasteiger partial charge in [-0.05, 0) is 11.6 Å². The summed E-state index contributed by atoms with van der Waals surface area (Å²) >= 11 is 6.30. The second kappa shape index (κ2) is 7.63. The summed E-state index contributed by atoms with van der Waals surface area (Å²) in [6.07, 6.45) is -0.00188. The summed E-state index contributed by atoms with van der Waals surface area (Å²) < 4.78 is 0. The summed E-state index contributed by atoms with van der Waals surface area (Å²) in [6, 6.07) is 13.6. The molecule has 7 heteroatoms. The molecule has 3 rings (SSSR count). The lowest BCUT2D eigenvalue weighted by atomic mass is 10.0. The maximum Gasteiger partial charge on any atom is 0.273 e. The van der Waals surface area contributed by atoms with E-state index in [0.29, 0.717) is 30.2 Å². The van der Waals surface area contributed by atoms with Crippen molar-refractivity contribution in [1.82, 2.24) is 10.2 Å². The summed E-state index contributed by atoms with van der Waals surface area (Å²) in [5.41, 5.74) is 1.28.